The molecule has 1 N–H and O–H groups in total. The number of pyridine rings is 1. The number of aryl methyl sites for hydroxylation is 1. The van der Waals surface area contributed by atoms with Crippen molar-refractivity contribution in [2.45, 2.75) is 26.4 Å². The van der Waals surface area contributed by atoms with Crippen LogP contribution in [0.2, 0.25) is 0 Å². The molecule has 0 saturated carbocycles. The smallest absolute Gasteiger partial charge is 0.137 e. The van der Waals surface area contributed by atoms with E-state index in [1.165, 1.54) is 5.69 Å². The zero-order chi connectivity index (χ0) is 12.5. The lowest BCUT2D eigenvalue weighted by atomic mass is 10.2. The van der Waals surface area contributed by atoms with E-state index >= 15 is 0 Å². The summed E-state index contributed by atoms with van der Waals surface area (Å²) in [5, 5.41) is 3.42. The lowest BCUT2D eigenvalue weighted by Gasteiger charge is -2.33. The zero-order valence-corrected chi connectivity index (χ0v) is 11.1. The molecule has 3 heterocycles. The zero-order valence-electron chi connectivity index (χ0n) is 11.1. The summed E-state index contributed by atoms with van der Waals surface area (Å²) in [5.74, 6) is 0. The van der Waals surface area contributed by atoms with Crippen molar-refractivity contribution in [3.63, 3.8) is 0 Å². The van der Waals surface area contributed by atoms with Crippen molar-refractivity contribution in [3.8, 4) is 0 Å². The molecule has 1 saturated heterocycles. The maximum atomic E-state index is 4.70. The van der Waals surface area contributed by atoms with E-state index < -0.39 is 0 Å². The van der Waals surface area contributed by atoms with E-state index in [1.54, 1.807) is 0 Å². The molecule has 0 aliphatic carbocycles. The van der Waals surface area contributed by atoms with Crippen molar-refractivity contribution in [3.05, 3.63) is 35.8 Å². The molecule has 4 nitrogen and oxygen atoms in total. The van der Waals surface area contributed by atoms with Gasteiger partial charge in [-0.2, -0.15) is 0 Å². The Kier molecular flexibility index (Phi) is 3.06. The largest absolute Gasteiger partial charge is 0.314 e. The van der Waals surface area contributed by atoms with Crippen LogP contribution in [0.4, 0.5) is 0 Å². The molecule has 0 spiro atoms. The number of piperazine rings is 1. The molecule has 1 fully saturated rings. The highest BCUT2D eigenvalue weighted by atomic mass is 15.2. The quantitative estimate of drug-likeness (QED) is 0.867. The summed E-state index contributed by atoms with van der Waals surface area (Å²) >= 11 is 0. The molecule has 1 aliphatic heterocycles. The number of hydrogen-bond donors (Lipinski definition) is 1. The van der Waals surface area contributed by atoms with Gasteiger partial charge in [0.25, 0.3) is 0 Å². The van der Waals surface area contributed by atoms with Gasteiger partial charge in [0.2, 0.25) is 0 Å². The van der Waals surface area contributed by atoms with Gasteiger partial charge in [-0.1, -0.05) is 6.07 Å². The number of aromatic nitrogens is 2. The van der Waals surface area contributed by atoms with Crippen molar-refractivity contribution < 1.29 is 0 Å². The minimum atomic E-state index is 0.588. The normalized spacial score (nSPS) is 21.6. The standard InChI is InChI=1S/C14H20N4/c1-11-4-3-5-14-16-13(10-18(11)14)9-17-7-6-15-8-12(17)2/h3-5,10,12,15H,6-9H2,1-2H3/t12-/m1/s1. The number of fused-ring (bicyclic) bond motifs is 1. The van der Waals surface area contributed by atoms with Crippen LogP contribution in [0.25, 0.3) is 5.65 Å². The summed E-state index contributed by atoms with van der Waals surface area (Å²) in [6.45, 7) is 8.60. The SMILES string of the molecule is Cc1cccc2nc(CN3CCNC[C@H]3C)cn12. The lowest BCUT2D eigenvalue weighted by molar-refractivity contribution is 0.164. The third-order valence-corrected chi connectivity index (χ3v) is 3.75. The van der Waals surface area contributed by atoms with Crippen LogP contribution < -0.4 is 5.32 Å². The third kappa shape index (κ3) is 2.13. The predicted octanol–water partition coefficient (Wildman–Crippen LogP) is 1.44. The molecule has 2 aromatic rings. The number of hydrogen-bond acceptors (Lipinski definition) is 3. The first kappa shape index (κ1) is 11.7. The molecule has 0 aromatic carbocycles. The van der Waals surface area contributed by atoms with Gasteiger partial charge in [-0.05, 0) is 26.0 Å². The molecule has 2 aromatic heterocycles. The Morgan fingerprint density at radius 3 is 3.11 bits per heavy atom. The van der Waals surface area contributed by atoms with E-state index in [0.29, 0.717) is 6.04 Å². The molecule has 0 amide bonds. The van der Waals surface area contributed by atoms with Crippen LogP contribution in [0.1, 0.15) is 18.3 Å². The molecule has 96 valence electrons. The van der Waals surface area contributed by atoms with Gasteiger partial charge >= 0.3 is 0 Å². The number of imidazole rings is 1. The topological polar surface area (TPSA) is 32.6 Å². The second kappa shape index (κ2) is 4.71. The highest BCUT2D eigenvalue weighted by Gasteiger charge is 2.18. The molecular weight excluding hydrogens is 224 g/mol. The van der Waals surface area contributed by atoms with Gasteiger partial charge in [-0.25, -0.2) is 4.98 Å². The van der Waals surface area contributed by atoms with Crippen LogP contribution in [0.5, 0.6) is 0 Å². The van der Waals surface area contributed by atoms with Crippen LogP contribution in [0, 0.1) is 6.92 Å². The Labute approximate surface area is 108 Å². The van der Waals surface area contributed by atoms with Crippen molar-refractivity contribution in [2.75, 3.05) is 19.6 Å². The molecule has 0 radical (unpaired) electrons. The first-order valence-corrected chi connectivity index (χ1v) is 6.62. The predicted molar refractivity (Wildman–Crippen MR) is 72.7 cm³/mol. The fourth-order valence-electron chi connectivity index (χ4n) is 2.60. The summed E-state index contributed by atoms with van der Waals surface area (Å²) in [6, 6.07) is 6.84. The van der Waals surface area contributed by atoms with E-state index in [-0.39, 0.29) is 0 Å². The lowest BCUT2D eigenvalue weighted by Crippen LogP contribution is -2.49. The average Bonchev–Trinajstić information content (AvgIpc) is 2.76. The van der Waals surface area contributed by atoms with Crippen molar-refractivity contribution in [1.82, 2.24) is 19.6 Å². The summed E-state index contributed by atoms with van der Waals surface area (Å²) in [6.07, 6.45) is 2.17. The molecule has 3 rings (SSSR count). The van der Waals surface area contributed by atoms with E-state index in [2.05, 4.69) is 52.9 Å². The molecule has 1 aliphatic rings. The van der Waals surface area contributed by atoms with Crippen molar-refractivity contribution in [1.29, 1.82) is 0 Å². The second-order valence-electron chi connectivity index (χ2n) is 5.15. The summed E-state index contributed by atoms with van der Waals surface area (Å²) in [7, 11) is 0. The van der Waals surface area contributed by atoms with Crippen molar-refractivity contribution >= 4 is 5.65 Å². The van der Waals surface area contributed by atoms with E-state index in [9.17, 15) is 0 Å². The van der Waals surface area contributed by atoms with Crippen LogP contribution in [0.3, 0.4) is 0 Å². The maximum Gasteiger partial charge on any atom is 0.137 e. The van der Waals surface area contributed by atoms with Crippen LogP contribution >= 0.6 is 0 Å². The van der Waals surface area contributed by atoms with E-state index in [0.717, 1.165) is 37.5 Å². The average molecular weight is 244 g/mol. The Balaban J connectivity index is 1.84. The summed E-state index contributed by atoms with van der Waals surface area (Å²) in [5.41, 5.74) is 3.45. The Morgan fingerprint density at radius 1 is 1.44 bits per heavy atom. The summed E-state index contributed by atoms with van der Waals surface area (Å²) in [4.78, 5) is 7.20. The number of rotatable bonds is 2. The molecule has 18 heavy (non-hydrogen) atoms. The first-order valence-electron chi connectivity index (χ1n) is 6.62. The Morgan fingerprint density at radius 2 is 2.33 bits per heavy atom. The molecule has 0 bridgehead atoms. The molecule has 0 unspecified atom stereocenters. The monoisotopic (exact) mass is 244 g/mol. The summed E-state index contributed by atoms with van der Waals surface area (Å²) < 4.78 is 2.17. The third-order valence-electron chi connectivity index (χ3n) is 3.75. The van der Waals surface area contributed by atoms with Crippen molar-refractivity contribution in [2.24, 2.45) is 0 Å². The van der Waals surface area contributed by atoms with E-state index in [4.69, 9.17) is 4.98 Å². The molecule has 4 heteroatoms. The first-order chi connectivity index (χ1) is 8.74. The minimum Gasteiger partial charge on any atom is -0.314 e. The number of nitrogens with zero attached hydrogens (tertiary/aromatic N) is 3. The van der Waals surface area contributed by atoms with Gasteiger partial charge in [0.1, 0.15) is 5.65 Å². The highest BCUT2D eigenvalue weighted by molar-refractivity contribution is 5.41. The van der Waals surface area contributed by atoms with Gasteiger partial charge < -0.3 is 9.72 Å². The van der Waals surface area contributed by atoms with Gasteiger partial charge in [-0.3, -0.25) is 4.90 Å². The fourth-order valence-corrected chi connectivity index (χ4v) is 2.60. The molecule has 1 atom stereocenters. The highest BCUT2D eigenvalue weighted by Crippen LogP contribution is 2.12. The van der Waals surface area contributed by atoms with Gasteiger partial charge in [-0.15, -0.1) is 0 Å². The minimum absolute atomic E-state index is 0.588. The second-order valence-corrected chi connectivity index (χ2v) is 5.15. The Hall–Kier alpha value is -1.39. The van der Waals surface area contributed by atoms with Crippen LogP contribution in [-0.4, -0.2) is 40.0 Å². The van der Waals surface area contributed by atoms with Gasteiger partial charge in [0.05, 0.1) is 5.69 Å². The van der Waals surface area contributed by atoms with Gasteiger partial charge in [0, 0.05) is 44.1 Å². The van der Waals surface area contributed by atoms with E-state index in [1.807, 2.05) is 0 Å². The molecular formula is C14H20N4. The van der Waals surface area contributed by atoms with Crippen LogP contribution in [0.15, 0.2) is 24.4 Å². The van der Waals surface area contributed by atoms with Gasteiger partial charge in [0.15, 0.2) is 0 Å². The Bertz CT molecular complexity index is 546. The fraction of sp³-hybridized carbons (Fsp3) is 0.500. The maximum absolute atomic E-state index is 4.70. The number of nitrogens with one attached hydrogen (secondary N) is 1. The van der Waals surface area contributed by atoms with Crippen LogP contribution in [-0.2, 0) is 6.54 Å².